The van der Waals surface area contributed by atoms with Crippen LogP contribution in [0.25, 0.3) is 0 Å². The lowest BCUT2D eigenvalue weighted by Gasteiger charge is -2.28. The van der Waals surface area contributed by atoms with Crippen LogP contribution in [0.2, 0.25) is 0 Å². The maximum absolute atomic E-state index is 13.7. The van der Waals surface area contributed by atoms with Gasteiger partial charge in [-0.2, -0.15) is 13.2 Å². The summed E-state index contributed by atoms with van der Waals surface area (Å²) in [6, 6.07) is 7.66. The summed E-state index contributed by atoms with van der Waals surface area (Å²) in [6.07, 6.45) is -5.42. The Hall–Kier alpha value is -2.52. The van der Waals surface area contributed by atoms with Gasteiger partial charge in [-0.05, 0) is 35.9 Å². The maximum Gasteiger partial charge on any atom is 0.424 e. The molecule has 0 amide bonds. The van der Waals surface area contributed by atoms with Gasteiger partial charge in [0.05, 0.1) is 12.1 Å². The lowest BCUT2D eigenvalue weighted by atomic mass is 9.90. The average Bonchev–Trinajstić information content (AvgIpc) is 3.02. The number of rotatable bonds is 3. The number of alkyl halides is 3. The summed E-state index contributed by atoms with van der Waals surface area (Å²) >= 11 is 0. The van der Waals surface area contributed by atoms with E-state index in [4.69, 9.17) is 10.6 Å². The fourth-order valence-corrected chi connectivity index (χ4v) is 2.66. The van der Waals surface area contributed by atoms with Gasteiger partial charge in [-0.25, -0.2) is 13.8 Å². The summed E-state index contributed by atoms with van der Waals surface area (Å²) in [5.74, 6) is -1.28. The van der Waals surface area contributed by atoms with E-state index in [2.05, 4.69) is 10.5 Å². The van der Waals surface area contributed by atoms with Crippen LogP contribution < -0.4 is 11.2 Å². The quantitative estimate of drug-likeness (QED) is 0.806. The van der Waals surface area contributed by atoms with Crippen LogP contribution in [0.15, 0.2) is 47.5 Å². The molecule has 0 saturated carbocycles. The summed E-state index contributed by atoms with van der Waals surface area (Å²) in [7, 11) is 0. The molecule has 1 heterocycles. The molecular formula is C17H14F5N3O. The first-order valence-corrected chi connectivity index (χ1v) is 7.58. The van der Waals surface area contributed by atoms with Crippen molar-refractivity contribution in [2.24, 2.45) is 10.7 Å². The molecule has 1 atom stereocenters. The normalized spacial score (nSPS) is 21.8. The van der Waals surface area contributed by atoms with Crippen molar-refractivity contribution in [2.45, 2.75) is 24.7 Å². The van der Waals surface area contributed by atoms with Gasteiger partial charge in [0.15, 0.2) is 0 Å². The second kappa shape index (κ2) is 6.65. The smallest absolute Gasteiger partial charge is 0.326 e. The molecule has 0 bridgehead atoms. The summed E-state index contributed by atoms with van der Waals surface area (Å²) in [5.41, 5.74) is 5.05. The predicted molar refractivity (Wildman–Crippen MR) is 84.4 cm³/mol. The number of hydroxylamine groups is 1. The molecular weight excluding hydrogens is 357 g/mol. The average molecular weight is 371 g/mol. The first-order chi connectivity index (χ1) is 12.2. The molecule has 2 aromatic rings. The number of hydrogen-bond donors (Lipinski definition) is 2. The van der Waals surface area contributed by atoms with Gasteiger partial charge in [-0.1, -0.05) is 12.1 Å². The van der Waals surface area contributed by atoms with Crippen molar-refractivity contribution in [2.75, 3.05) is 0 Å². The fraction of sp³-hybridized carbons (Fsp3) is 0.235. The van der Waals surface area contributed by atoms with Crippen molar-refractivity contribution < 1.29 is 26.8 Å². The zero-order valence-corrected chi connectivity index (χ0v) is 13.3. The molecule has 2 aromatic carbocycles. The van der Waals surface area contributed by atoms with Crippen molar-refractivity contribution in [1.82, 2.24) is 5.48 Å². The van der Waals surface area contributed by atoms with E-state index in [0.29, 0.717) is 0 Å². The largest absolute Gasteiger partial charge is 0.424 e. The Kier molecular flexibility index (Phi) is 4.68. The maximum atomic E-state index is 13.7. The number of benzene rings is 2. The highest BCUT2D eigenvalue weighted by atomic mass is 19.4. The van der Waals surface area contributed by atoms with Crippen LogP contribution in [0.5, 0.6) is 0 Å². The summed E-state index contributed by atoms with van der Waals surface area (Å²) in [4.78, 5) is 8.91. The first kappa shape index (κ1) is 18.3. The number of nitrogens with one attached hydrogen (secondary N) is 1. The van der Waals surface area contributed by atoms with Crippen molar-refractivity contribution in [3.05, 3.63) is 65.2 Å². The summed E-state index contributed by atoms with van der Waals surface area (Å²) < 4.78 is 67.6. The van der Waals surface area contributed by atoms with Crippen LogP contribution in [0.1, 0.15) is 17.5 Å². The van der Waals surface area contributed by atoms with Crippen LogP contribution in [0.3, 0.4) is 0 Å². The predicted octanol–water partition coefficient (Wildman–Crippen LogP) is 3.84. The van der Waals surface area contributed by atoms with Crippen molar-refractivity contribution in [3.8, 4) is 0 Å². The third-order valence-corrected chi connectivity index (χ3v) is 4.04. The van der Waals surface area contributed by atoms with Gasteiger partial charge in [-0.3, -0.25) is 10.3 Å². The minimum absolute atomic E-state index is 0.0729. The van der Waals surface area contributed by atoms with Gasteiger partial charge in [0.2, 0.25) is 5.60 Å². The van der Waals surface area contributed by atoms with Gasteiger partial charge >= 0.3 is 6.18 Å². The lowest BCUT2D eigenvalue weighted by molar-refractivity contribution is -0.282. The standard InChI is InChI=1S/C17H14F5N3O/c18-12-3-1-11(2-4-12)16(17(20,21)22)8-15(25-26-16)24-13-5-6-14(19)10(7-13)9-23/h1-7H,8-9,23H2,(H,24,25). The van der Waals surface area contributed by atoms with Gasteiger partial charge in [0, 0.05) is 12.1 Å². The number of nitrogens with two attached hydrogens (primary N) is 1. The Balaban J connectivity index is 1.96. The van der Waals surface area contributed by atoms with Crippen LogP contribution >= 0.6 is 0 Å². The van der Waals surface area contributed by atoms with Crippen LogP contribution in [0.4, 0.5) is 27.6 Å². The molecule has 3 rings (SSSR count). The molecule has 1 aliphatic heterocycles. The van der Waals surface area contributed by atoms with Gasteiger partial charge in [-0.15, -0.1) is 0 Å². The molecule has 9 heteroatoms. The topological polar surface area (TPSA) is 59.6 Å². The van der Waals surface area contributed by atoms with E-state index in [1.54, 1.807) is 0 Å². The highest BCUT2D eigenvalue weighted by molar-refractivity contribution is 5.86. The second-order valence-electron chi connectivity index (χ2n) is 5.75. The number of halogens is 5. The van der Waals surface area contributed by atoms with Crippen LogP contribution in [-0.4, -0.2) is 12.0 Å². The van der Waals surface area contributed by atoms with E-state index in [0.717, 1.165) is 30.3 Å². The van der Waals surface area contributed by atoms with Gasteiger partial charge < -0.3 is 5.73 Å². The molecule has 3 N–H and O–H groups in total. The Bertz CT molecular complexity index is 835. The van der Waals surface area contributed by atoms with Crippen molar-refractivity contribution in [1.29, 1.82) is 0 Å². The highest BCUT2D eigenvalue weighted by Crippen LogP contribution is 2.47. The molecule has 1 saturated heterocycles. The second-order valence-corrected chi connectivity index (χ2v) is 5.75. The van der Waals surface area contributed by atoms with Crippen LogP contribution in [0, 0.1) is 11.6 Å². The zero-order valence-electron chi connectivity index (χ0n) is 13.3. The number of nitrogens with zero attached hydrogens (tertiary/aromatic N) is 1. The van der Waals surface area contributed by atoms with E-state index in [9.17, 15) is 22.0 Å². The number of hydrogen-bond acceptors (Lipinski definition) is 3. The monoisotopic (exact) mass is 371 g/mol. The molecule has 0 aromatic heterocycles. The minimum atomic E-state index is -4.78. The van der Waals surface area contributed by atoms with E-state index < -0.39 is 29.8 Å². The fourth-order valence-electron chi connectivity index (χ4n) is 2.66. The first-order valence-electron chi connectivity index (χ1n) is 7.58. The summed E-state index contributed by atoms with van der Waals surface area (Å²) in [5, 5.41) is 0. The molecule has 1 aliphatic rings. The van der Waals surface area contributed by atoms with Crippen molar-refractivity contribution in [3.63, 3.8) is 0 Å². The zero-order chi connectivity index (χ0) is 18.9. The minimum Gasteiger partial charge on any atom is -0.326 e. The van der Waals surface area contributed by atoms with E-state index in [1.165, 1.54) is 12.1 Å². The van der Waals surface area contributed by atoms with E-state index in [1.807, 2.05) is 0 Å². The molecule has 1 fully saturated rings. The number of aliphatic imine (C=N–C) groups is 1. The van der Waals surface area contributed by atoms with E-state index >= 15 is 0 Å². The van der Waals surface area contributed by atoms with Crippen molar-refractivity contribution >= 4 is 11.5 Å². The molecule has 26 heavy (non-hydrogen) atoms. The Morgan fingerprint density at radius 1 is 1.12 bits per heavy atom. The third kappa shape index (κ3) is 3.27. The highest BCUT2D eigenvalue weighted by Gasteiger charge is 2.61. The van der Waals surface area contributed by atoms with Crippen LogP contribution in [-0.2, 0) is 17.0 Å². The molecule has 0 spiro atoms. The van der Waals surface area contributed by atoms with E-state index in [-0.39, 0.29) is 29.2 Å². The Labute approximate surface area is 145 Å². The Morgan fingerprint density at radius 3 is 2.42 bits per heavy atom. The number of amidine groups is 1. The summed E-state index contributed by atoms with van der Waals surface area (Å²) in [6.45, 7) is -0.0729. The molecule has 0 aliphatic carbocycles. The molecule has 1 unspecified atom stereocenters. The van der Waals surface area contributed by atoms with Gasteiger partial charge in [0.1, 0.15) is 17.5 Å². The molecule has 0 radical (unpaired) electrons. The molecule has 138 valence electrons. The molecule has 4 nitrogen and oxygen atoms in total. The van der Waals surface area contributed by atoms with Gasteiger partial charge in [0.25, 0.3) is 0 Å². The third-order valence-electron chi connectivity index (χ3n) is 4.04. The Morgan fingerprint density at radius 2 is 1.81 bits per heavy atom. The SMILES string of the molecule is NCc1cc(N=C2CC(c3ccc(F)cc3)(C(F)(F)F)ON2)ccc1F. The lowest BCUT2D eigenvalue weighted by Crippen LogP contribution is -2.42.